The maximum Gasteiger partial charge on any atom is 0.236 e. The molecule has 108 valence electrons. The molecule has 1 aromatic carbocycles. The number of nitrogens with one attached hydrogen (secondary N) is 1. The Labute approximate surface area is 118 Å². The van der Waals surface area contributed by atoms with Crippen LogP contribution in [0.25, 0.3) is 0 Å². The molecule has 1 N–H and O–H groups in total. The molecule has 5 heteroatoms. The van der Waals surface area contributed by atoms with Crippen LogP contribution in [0.4, 0.5) is 0 Å². The van der Waals surface area contributed by atoms with Crippen LogP contribution < -0.4 is 14.8 Å². The molecule has 0 radical (unpaired) electrons. The first kappa shape index (κ1) is 13.2. The summed E-state index contributed by atoms with van der Waals surface area (Å²) in [6, 6.07) is 5.79. The molecule has 0 spiro atoms. The highest BCUT2D eigenvalue weighted by molar-refractivity contribution is 5.78. The number of likely N-dealkylation sites (N-methyl/N-ethyl adjacent to an activating group) is 1. The van der Waals surface area contributed by atoms with Crippen molar-refractivity contribution in [3.8, 4) is 11.5 Å². The van der Waals surface area contributed by atoms with Crippen LogP contribution in [-0.2, 0) is 11.3 Å². The van der Waals surface area contributed by atoms with Crippen LogP contribution >= 0.6 is 0 Å². The third-order valence-electron chi connectivity index (χ3n) is 3.69. The monoisotopic (exact) mass is 276 g/mol. The fourth-order valence-electron chi connectivity index (χ4n) is 2.24. The molecule has 5 nitrogen and oxygen atoms in total. The Morgan fingerprint density at radius 2 is 2.15 bits per heavy atom. The molecule has 2 aliphatic rings. The number of fused-ring (bicyclic) bond motifs is 1. The van der Waals surface area contributed by atoms with Crippen molar-refractivity contribution in [3.63, 3.8) is 0 Å². The summed E-state index contributed by atoms with van der Waals surface area (Å²) in [6.45, 7) is 2.24. The van der Waals surface area contributed by atoms with Crippen LogP contribution in [0.3, 0.4) is 0 Å². The first-order chi connectivity index (χ1) is 9.72. The van der Waals surface area contributed by atoms with E-state index in [0.717, 1.165) is 29.5 Å². The SMILES string of the molecule is CN(Cc1ccc2c(c1)OCO2)C(=O)CNCC1CC1. The molecule has 1 saturated carbocycles. The zero-order valence-corrected chi connectivity index (χ0v) is 11.7. The van der Waals surface area contributed by atoms with Gasteiger partial charge in [-0.15, -0.1) is 0 Å². The van der Waals surface area contributed by atoms with Crippen molar-refractivity contribution in [2.45, 2.75) is 19.4 Å². The largest absolute Gasteiger partial charge is 0.454 e. The minimum absolute atomic E-state index is 0.114. The quantitative estimate of drug-likeness (QED) is 0.852. The number of ether oxygens (including phenoxy) is 2. The molecule has 1 aliphatic heterocycles. The molecular weight excluding hydrogens is 256 g/mol. The second-order valence-electron chi connectivity index (χ2n) is 5.51. The first-order valence-electron chi connectivity index (χ1n) is 7.05. The number of hydrogen-bond acceptors (Lipinski definition) is 4. The summed E-state index contributed by atoms with van der Waals surface area (Å²) in [5.41, 5.74) is 1.05. The van der Waals surface area contributed by atoms with Crippen molar-refractivity contribution < 1.29 is 14.3 Å². The van der Waals surface area contributed by atoms with Crippen molar-refractivity contribution in [1.29, 1.82) is 0 Å². The Hall–Kier alpha value is -1.75. The smallest absolute Gasteiger partial charge is 0.236 e. The van der Waals surface area contributed by atoms with E-state index in [1.807, 2.05) is 25.2 Å². The minimum atomic E-state index is 0.114. The van der Waals surface area contributed by atoms with Crippen molar-refractivity contribution in [1.82, 2.24) is 10.2 Å². The van der Waals surface area contributed by atoms with E-state index in [1.54, 1.807) is 4.90 Å². The Morgan fingerprint density at radius 1 is 1.35 bits per heavy atom. The van der Waals surface area contributed by atoms with E-state index in [2.05, 4.69) is 5.32 Å². The van der Waals surface area contributed by atoms with Gasteiger partial charge in [-0.05, 0) is 43.0 Å². The van der Waals surface area contributed by atoms with E-state index in [-0.39, 0.29) is 12.7 Å². The highest BCUT2D eigenvalue weighted by Gasteiger charge is 2.21. The van der Waals surface area contributed by atoms with Crippen molar-refractivity contribution in [2.24, 2.45) is 5.92 Å². The molecule has 1 heterocycles. The lowest BCUT2D eigenvalue weighted by molar-refractivity contribution is -0.129. The van der Waals surface area contributed by atoms with Crippen molar-refractivity contribution >= 4 is 5.91 Å². The van der Waals surface area contributed by atoms with Gasteiger partial charge >= 0.3 is 0 Å². The molecule has 3 rings (SSSR count). The zero-order chi connectivity index (χ0) is 13.9. The lowest BCUT2D eigenvalue weighted by atomic mass is 10.2. The molecule has 1 amide bonds. The first-order valence-corrected chi connectivity index (χ1v) is 7.05. The number of amides is 1. The van der Waals surface area contributed by atoms with Crippen LogP contribution in [0.1, 0.15) is 18.4 Å². The highest BCUT2D eigenvalue weighted by Crippen LogP contribution is 2.32. The molecule has 0 bridgehead atoms. The van der Waals surface area contributed by atoms with Gasteiger partial charge in [-0.3, -0.25) is 4.79 Å². The molecule has 0 atom stereocenters. The number of rotatable bonds is 6. The number of benzene rings is 1. The van der Waals surface area contributed by atoms with E-state index in [0.29, 0.717) is 13.1 Å². The van der Waals surface area contributed by atoms with Crippen LogP contribution in [0, 0.1) is 5.92 Å². The summed E-state index contributed by atoms with van der Waals surface area (Å²) in [5.74, 6) is 2.44. The predicted octanol–water partition coefficient (Wildman–Crippen LogP) is 1.37. The lowest BCUT2D eigenvalue weighted by Crippen LogP contribution is -2.35. The Morgan fingerprint density at radius 3 is 2.95 bits per heavy atom. The summed E-state index contributed by atoms with van der Waals surface area (Å²) >= 11 is 0. The average molecular weight is 276 g/mol. The number of carbonyl (C=O) groups is 1. The molecular formula is C15H20N2O3. The van der Waals surface area contributed by atoms with Gasteiger partial charge in [0.15, 0.2) is 11.5 Å². The Bertz CT molecular complexity index is 500. The lowest BCUT2D eigenvalue weighted by Gasteiger charge is -2.17. The second-order valence-corrected chi connectivity index (χ2v) is 5.51. The Kier molecular flexibility index (Phi) is 3.78. The maximum atomic E-state index is 12.0. The predicted molar refractivity (Wildman–Crippen MR) is 74.6 cm³/mol. The van der Waals surface area contributed by atoms with Gasteiger partial charge in [-0.1, -0.05) is 6.07 Å². The molecule has 0 aromatic heterocycles. The summed E-state index contributed by atoms with van der Waals surface area (Å²) in [5, 5.41) is 3.22. The van der Waals surface area contributed by atoms with E-state index in [9.17, 15) is 4.79 Å². The highest BCUT2D eigenvalue weighted by atomic mass is 16.7. The molecule has 1 aromatic rings. The second kappa shape index (κ2) is 5.71. The molecule has 1 fully saturated rings. The fourth-order valence-corrected chi connectivity index (χ4v) is 2.24. The number of nitrogens with zero attached hydrogens (tertiary/aromatic N) is 1. The summed E-state index contributed by atoms with van der Waals surface area (Å²) in [6.07, 6.45) is 2.60. The molecule has 0 saturated heterocycles. The topological polar surface area (TPSA) is 50.8 Å². The summed E-state index contributed by atoms with van der Waals surface area (Å²) in [7, 11) is 1.83. The van der Waals surface area contributed by atoms with Gasteiger partial charge in [0, 0.05) is 13.6 Å². The average Bonchev–Trinajstić information content (AvgIpc) is 3.14. The van der Waals surface area contributed by atoms with Gasteiger partial charge in [-0.2, -0.15) is 0 Å². The van der Waals surface area contributed by atoms with Crippen molar-refractivity contribution in [3.05, 3.63) is 23.8 Å². The Balaban J connectivity index is 1.49. The van der Waals surface area contributed by atoms with Gasteiger partial charge in [0.05, 0.1) is 6.54 Å². The van der Waals surface area contributed by atoms with E-state index in [1.165, 1.54) is 12.8 Å². The van der Waals surface area contributed by atoms with Gasteiger partial charge in [-0.25, -0.2) is 0 Å². The minimum Gasteiger partial charge on any atom is -0.454 e. The van der Waals surface area contributed by atoms with Crippen LogP contribution in [0.2, 0.25) is 0 Å². The van der Waals surface area contributed by atoms with Crippen LogP contribution in [-0.4, -0.2) is 37.7 Å². The third-order valence-corrected chi connectivity index (χ3v) is 3.69. The zero-order valence-electron chi connectivity index (χ0n) is 11.7. The normalized spacial score (nSPS) is 16.2. The number of hydrogen-bond donors (Lipinski definition) is 1. The number of carbonyl (C=O) groups excluding carboxylic acids is 1. The summed E-state index contributed by atoms with van der Waals surface area (Å²) < 4.78 is 10.6. The fraction of sp³-hybridized carbons (Fsp3) is 0.533. The maximum absolute atomic E-state index is 12.0. The molecule has 20 heavy (non-hydrogen) atoms. The van der Waals surface area contributed by atoms with Gasteiger partial charge in [0.2, 0.25) is 12.7 Å². The van der Waals surface area contributed by atoms with E-state index in [4.69, 9.17) is 9.47 Å². The van der Waals surface area contributed by atoms with E-state index < -0.39 is 0 Å². The standard InChI is InChI=1S/C15H20N2O3/c1-17(15(18)8-16-7-11-2-3-11)9-12-4-5-13-14(6-12)20-10-19-13/h4-6,11,16H,2-3,7-10H2,1H3. The molecule has 1 aliphatic carbocycles. The van der Waals surface area contributed by atoms with Gasteiger partial charge < -0.3 is 19.7 Å². The van der Waals surface area contributed by atoms with E-state index >= 15 is 0 Å². The van der Waals surface area contributed by atoms with Crippen molar-refractivity contribution in [2.75, 3.05) is 26.9 Å². The molecule has 0 unspecified atom stereocenters. The van der Waals surface area contributed by atoms with Crippen LogP contribution in [0.5, 0.6) is 11.5 Å². The summed E-state index contributed by atoms with van der Waals surface area (Å²) in [4.78, 5) is 13.7. The van der Waals surface area contributed by atoms with Gasteiger partial charge in [0.1, 0.15) is 0 Å². The van der Waals surface area contributed by atoms with Crippen LogP contribution in [0.15, 0.2) is 18.2 Å². The third kappa shape index (κ3) is 3.22. The van der Waals surface area contributed by atoms with Gasteiger partial charge in [0.25, 0.3) is 0 Å².